The van der Waals surface area contributed by atoms with Gasteiger partial charge < -0.3 is 4.57 Å². The van der Waals surface area contributed by atoms with Gasteiger partial charge >= 0.3 is 0 Å². The van der Waals surface area contributed by atoms with Crippen LogP contribution in [0.2, 0.25) is 5.02 Å². The van der Waals surface area contributed by atoms with Crippen LogP contribution >= 0.6 is 11.6 Å². The lowest BCUT2D eigenvalue weighted by atomic mass is 10.1. The summed E-state index contributed by atoms with van der Waals surface area (Å²) in [6.07, 6.45) is 6.70. The van der Waals surface area contributed by atoms with Crippen LogP contribution in [-0.2, 0) is 16.6 Å². The predicted octanol–water partition coefficient (Wildman–Crippen LogP) is 3.91. The highest BCUT2D eigenvalue weighted by Crippen LogP contribution is 2.33. The minimum absolute atomic E-state index is 0.0490. The normalized spacial score (nSPS) is 14.3. The van der Waals surface area contributed by atoms with Gasteiger partial charge in [0, 0.05) is 41.8 Å². The van der Waals surface area contributed by atoms with Gasteiger partial charge in [-0.15, -0.1) is 0 Å². The summed E-state index contributed by atoms with van der Waals surface area (Å²) in [6.45, 7) is 4.74. The first-order valence-corrected chi connectivity index (χ1v) is 11.7. The van der Waals surface area contributed by atoms with Crippen molar-refractivity contribution >= 4 is 27.3 Å². The standard InChI is InChI=1S/C21H23ClN4O3S/c1-14(2)11-25-13-17(4-8-21(25)27)26-12-15(10-23-26)19-7-3-16(9-20(19)22)24-30(28,29)18-5-6-18/h3-4,7-10,12-14,18,24H,5-6,11H2,1-2H3. The molecule has 1 aliphatic rings. The number of nitrogens with zero attached hydrogens (tertiary/aromatic N) is 3. The van der Waals surface area contributed by atoms with Crippen molar-refractivity contribution in [3.05, 3.63) is 64.3 Å². The minimum Gasteiger partial charge on any atom is -0.313 e. The number of sulfonamides is 1. The average Bonchev–Trinajstić information content (AvgIpc) is 3.43. The van der Waals surface area contributed by atoms with E-state index < -0.39 is 10.0 Å². The monoisotopic (exact) mass is 446 g/mol. The predicted molar refractivity (Wildman–Crippen MR) is 119 cm³/mol. The van der Waals surface area contributed by atoms with Crippen molar-refractivity contribution in [1.82, 2.24) is 14.3 Å². The number of anilines is 1. The molecule has 1 fully saturated rings. The van der Waals surface area contributed by atoms with Crippen LogP contribution < -0.4 is 10.3 Å². The molecule has 0 atom stereocenters. The number of aromatic nitrogens is 3. The lowest BCUT2D eigenvalue weighted by Crippen LogP contribution is -2.21. The molecule has 9 heteroatoms. The van der Waals surface area contributed by atoms with E-state index in [1.807, 2.05) is 6.20 Å². The molecule has 1 N–H and O–H groups in total. The first-order chi connectivity index (χ1) is 14.2. The van der Waals surface area contributed by atoms with Crippen LogP contribution in [0.4, 0.5) is 5.69 Å². The van der Waals surface area contributed by atoms with Crippen LogP contribution in [0.15, 0.2) is 53.7 Å². The van der Waals surface area contributed by atoms with Crippen molar-refractivity contribution in [3.63, 3.8) is 0 Å². The Balaban J connectivity index is 1.59. The molecule has 0 aliphatic heterocycles. The van der Waals surface area contributed by atoms with Crippen LogP contribution in [0.3, 0.4) is 0 Å². The van der Waals surface area contributed by atoms with Gasteiger partial charge in [-0.3, -0.25) is 9.52 Å². The summed E-state index contributed by atoms with van der Waals surface area (Å²) in [5, 5.41) is 4.53. The van der Waals surface area contributed by atoms with Gasteiger partial charge in [0.25, 0.3) is 5.56 Å². The zero-order chi connectivity index (χ0) is 21.5. The maximum atomic E-state index is 12.1. The van der Waals surface area contributed by atoms with Gasteiger partial charge in [-0.25, -0.2) is 13.1 Å². The zero-order valence-corrected chi connectivity index (χ0v) is 18.3. The Morgan fingerprint density at radius 2 is 1.97 bits per heavy atom. The molecule has 158 valence electrons. The van der Waals surface area contributed by atoms with Crippen LogP contribution in [0.5, 0.6) is 0 Å². The fourth-order valence-corrected chi connectivity index (χ4v) is 4.90. The lowest BCUT2D eigenvalue weighted by molar-refractivity contribution is 0.509. The van der Waals surface area contributed by atoms with E-state index in [1.165, 1.54) is 6.07 Å². The number of halogens is 1. The molecule has 0 spiro atoms. The van der Waals surface area contributed by atoms with E-state index in [1.54, 1.807) is 45.9 Å². The highest BCUT2D eigenvalue weighted by atomic mass is 35.5. The smallest absolute Gasteiger partial charge is 0.250 e. The maximum absolute atomic E-state index is 12.1. The third kappa shape index (κ3) is 4.44. The summed E-state index contributed by atoms with van der Waals surface area (Å²) in [5.74, 6) is 0.348. The van der Waals surface area contributed by atoms with Crippen molar-refractivity contribution in [1.29, 1.82) is 0 Å². The average molecular weight is 447 g/mol. The van der Waals surface area contributed by atoms with Crippen molar-refractivity contribution in [3.8, 4) is 16.8 Å². The van der Waals surface area contributed by atoms with Crippen LogP contribution in [0, 0.1) is 5.92 Å². The topological polar surface area (TPSA) is 86.0 Å². The fourth-order valence-electron chi connectivity index (χ4n) is 3.23. The Morgan fingerprint density at radius 1 is 1.20 bits per heavy atom. The number of hydrogen-bond donors (Lipinski definition) is 1. The summed E-state index contributed by atoms with van der Waals surface area (Å²) in [4.78, 5) is 12.1. The molecule has 1 aliphatic carbocycles. The van der Waals surface area contributed by atoms with Gasteiger partial charge in [-0.05, 0) is 37.0 Å². The molecule has 4 rings (SSSR count). The summed E-state index contributed by atoms with van der Waals surface area (Å²) >= 11 is 6.43. The zero-order valence-electron chi connectivity index (χ0n) is 16.7. The first-order valence-electron chi connectivity index (χ1n) is 9.80. The van der Waals surface area contributed by atoms with Crippen molar-refractivity contribution < 1.29 is 8.42 Å². The summed E-state index contributed by atoms with van der Waals surface area (Å²) < 4.78 is 30.2. The van der Waals surface area contributed by atoms with E-state index in [9.17, 15) is 13.2 Å². The molecule has 0 saturated heterocycles. The van der Waals surface area contributed by atoms with Gasteiger partial charge in [-0.1, -0.05) is 31.5 Å². The molecule has 0 unspecified atom stereocenters. The number of hydrogen-bond acceptors (Lipinski definition) is 4. The fraction of sp³-hybridized carbons (Fsp3) is 0.333. The Labute approximate surface area is 180 Å². The third-order valence-corrected chi connectivity index (χ3v) is 7.06. The molecule has 2 heterocycles. The van der Waals surface area contributed by atoms with Gasteiger partial charge in [0.2, 0.25) is 10.0 Å². The number of nitrogens with one attached hydrogen (secondary N) is 1. The Bertz CT molecular complexity index is 1240. The van der Waals surface area contributed by atoms with Gasteiger partial charge in [0.15, 0.2) is 0 Å². The van der Waals surface area contributed by atoms with Crippen molar-refractivity contribution in [2.24, 2.45) is 5.92 Å². The molecule has 1 saturated carbocycles. The molecular formula is C21H23ClN4O3S. The van der Waals surface area contributed by atoms with Gasteiger partial charge in [-0.2, -0.15) is 5.10 Å². The van der Waals surface area contributed by atoms with Gasteiger partial charge in [0.05, 0.1) is 22.2 Å². The maximum Gasteiger partial charge on any atom is 0.250 e. The van der Waals surface area contributed by atoms with E-state index >= 15 is 0 Å². The summed E-state index contributed by atoms with van der Waals surface area (Å²) in [7, 11) is -3.34. The van der Waals surface area contributed by atoms with E-state index in [-0.39, 0.29) is 10.8 Å². The molecule has 2 aromatic heterocycles. The summed E-state index contributed by atoms with van der Waals surface area (Å²) in [6, 6.07) is 8.34. The highest BCUT2D eigenvalue weighted by molar-refractivity contribution is 7.93. The van der Waals surface area contributed by atoms with E-state index in [0.717, 1.165) is 16.8 Å². The first kappa shape index (κ1) is 20.7. The minimum atomic E-state index is -3.34. The van der Waals surface area contributed by atoms with Crippen LogP contribution in [-0.4, -0.2) is 28.0 Å². The number of benzene rings is 1. The van der Waals surface area contributed by atoms with Crippen molar-refractivity contribution in [2.45, 2.75) is 38.5 Å². The number of rotatable bonds is 7. The van der Waals surface area contributed by atoms with E-state index in [0.29, 0.717) is 36.0 Å². The van der Waals surface area contributed by atoms with E-state index in [4.69, 9.17) is 11.6 Å². The Kier molecular flexibility index (Phi) is 5.46. The second-order valence-electron chi connectivity index (χ2n) is 7.99. The second-order valence-corrected chi connectivity index (χ2v) is 10.4. The molecule has 7 nitrogen and oxygen atoms in total. The molecule has 1 aromatic carbocycles. The summed E-state index contributed by atoms with van der Waals surface area (Å²) in [5.41, 5.74) is 2.70. The van der Waals surface area contributed by atoms with E-state index in [2.05, 4.69) is 23.7 Å². The Morgan fingerprint density at radius 3 is 2.63 bits per heavy atom. The second kappa shape index (κ2) is 7.92. The number of pyridine rings is 1. The van der Waals surface area contributed by atoms with Crippen LogP contribution in [0.25, 0.3) is 16.8 Å². The highest BCUT2D eigenvalue weighted by Gasteiger charge is 2.35. The lowest BCUT2D eigenvalue weighted by Gasteiger charge is -2.10. The molecule has 30 heavy (non-hydrogen) atoms. The molecule has 0 radical (unpaired) electrons. The molecule has 3 aromatic rings. The Hall–Kier alpha value is -2.58. The molecule has 0 bridgehead atoms. The SMILES string of the molecule is CC(C)Cn1cc(-n2cc(-c3ccc(NS(=O)(=O)C4CC4)cc3Cl)cn2)ccc1=O. The van der Waals surface area contributed by atoms with Crippen LogP contribution in [0.1, 0.15) is 26.7 Å². The van der Waals surface area contributed by atoms with Crippen molar-refractivity contribution in [2.75, 3.05) is 4.72 Å². The third-order valence-electron chi connectivity index (χ3n) is 4.88. The quantitative estimate of drug-likeness (QED) is 0.596. The largest absolute Gasteiger partial charge is 0.313 e. The van der Waals surface area contributed by atoms with Gasteiger partial charge in [0.1, 0.15) is 0 Å². The molecule has 0 amide bonds. The molecular weight excluding hydrogens is 424 g/mol.